The molecule has 3 rings (SSSR count). The number of hydrogen-bond donors (Lipinski definition) is 2. The highest BCUT2D eigenvalue weighted by Gasteiger charge is 2.30. The lowest BCUT2D eigenvalue weighted by atomic mass is 9.93. The minimum Gasteiger partial charge on any atom is -0.507 e. The fourth-order valence-corrected chi connectivity index (χ4v) is 2.70. The first kappa shape index (κ1) is 16.3. The van der Waals surface area contributed by atoms with Crippen LogP contribution in [0, 0.1) is 0 Å². The molecule has 1 aliphatic heterocycles. The molecule has 0 amide bonds. The van der Waals surface area contributed by atoms with Crippen LogP contribution >= 0.6 is 0 Å². The lowest BCUT2D eigenvalue weighted by Gasteiger charge is -2.27. The van der Waals surface area contributed by atoms with E-state index in [1.807, 2.05) is 30.3 Å². The van der Waals surface area contributed by atoms with E-state index in [-0.39, 0.29) is 24.1 Å². The van der Waals surface area contributed by atoms with Gasteiger partial charge in [-0.1, -0.05) is 36.4 Å². The van der Waals surface area contributed by atoms with Gasteiger partial charge in [-0.15, -0.1) is 0 Å². The average molecular weight is 324 g/mol. The second-order valence-corrected chi connectivity index (χ2v) is 6.51. The van der Waals surface area contributed by atoms with E-state index >= 15 is 0 Å². The van der Waals surface area contributed by atoms with E-state index in [1.54, 1.807) is 32.1 Å². The van der Waals surface area contributed by atoms with Crippen LogP contribution in [0.5, 0.6) is 11.5 Å². The fraction of sp³-hybridized carbons (Fsp3) is 0.250. The first-order chi connectivity index (χ1) is 11.3. The molecule has 0 saturated heterocycles. The average Bonchev–Trinajstić information content (AvgIpc) is 2.53. The molecular weight excluding hydrogens is 304 g/mol. The molecule has 0 spiro atoms. The molecule has 1 atom stereocenters. The molecule has 0 fully saturated rings. The largest absolute Gasteiger partial charge is 0.507 e. The minimum absolute atomic E-state index is 0.00996. The third kappa shape index (κ3) is 3.34. The molecule has 0 aromatic heterocycles. The topological polar surface area (TPSA) is 66.8 Å². The number of Topliss-reactive ketones (excluding diaryl/α,β-unsaturated/α-hetero) is 1. The van der Waals surface area contributed by atoms with Gasteiger partial charge in [0.15, 0.2) is 5.78 Å². The van der Waals surface area contributed by atoms with Crippen molar-refractivity contribution in [2.45, 2.75) is 32.0 Å². The molecule has 0 saturated carbocycles. The van der Waals surface area contributed by atoms with Crippen molar-refractivity contribution in [2.24, 2.45) is 0 Å². The first-order valence-corrected chi connectivity index (χ1v) is 7.87. The summed E-state index contributed by atoms with van der Waals surface area (Å²) in [6.07, 6.45) is 3.02. The second kappa shape index (κ2) is 6.13. The highest BCUT2D eigenvalue weighted by atomic mass is 16.5. The Morgan fingerprint density at radius 3 is 2.54 bits per heavy atom. The summed E-state index contributed by atoms with van der Waals surface area (Å²) < 4.78 is 6.05. The van der Waals surface area contributed by atoms with Crippen molar-refractivity contribution >= 4 is 11.9 Å². The van der Waals surface area contributed by atoms with Gasteiger partial charge in [-0.25, -0.2) is 0 Å². The standard InChI is InChI=1S/C20H20O4/c1-20(2,23)11-10-15-16(21)9-8-14-17(22)12-18(24-19(14)15)13-6-4-3-5-7-13/h3-11,18,21,23H,12H2,1-2H3/b11-10-/t18-/m0/s1. The second-order valence-electron chi connectivity index (χ2n) is 6.51. The Bertz CT molecular complexity index is 785. The minimum atomic E-state index is -1.04. The Balaban J connectivity index is 2.05. The Kier molecular flexibility index (Phi) is 4.16. The predicted octanol–water partition coefficient (Wildman–Crippen LogP) is 3.88. The summed E-state index contributed by atoms with van der Waals surface area (Å²) >= 11 is 0. The van der Waals surface area contributed by atoms with E-state index in [4.69, 9.17) is 4.74 Å². The Hall–Kier alpha value is -2.59. The van der Waals surface area contributed by atoms with Crippen LogP contribution in [0.3, 0.4) is 0 Å². The zero-order valence-corrected chi connectivity index (χ0v) is 13.7. The molecule has 0 aliphatic carbocycles. The molecular formula is C20H20O4. The Labute approximate surface area is 141 Å². The summed E-state index contributed by atoms with van der Waals surface area (Å²) in [4.78, 5) is 12.5. The van der Waals surface area contributed by atoms with E-state index < -0.39 is 5.60 Å². The van der Waals surface area contributed by atoms with Gasteiger partial charge >= 0.3 is 0 Å². The number of phenols is 1. The van der Waals surface area contributed by atoms with E-state index in [0.29, 0.717) is 16.9 Å². The fourth-order valence-electron chi connectivity index (χ4n) is 2.70. The number of rotatable bonds is 3. The molecule has 4 heteroatoms. The van der Waals surface area contributed by atoms with Gasteiger partial charge in [0.05, 0.1) is 23.1 Å². The number of hydrogen-bond acceptors (Lipinski definition) is 4. The van der Waals surface area contributed by atoms with Crippen molar-refractivity contribution in [2.75, 3.05) is 0 Å². The molecule has 0 bridgehead atoms. The molecule has 1 heterocycles. The van der Waals surface area contributed by atoms with Crippen LogP contribution < -0.4 is 4.74 Å². The summed E-state index contributed by atoms with van der Waals surface area (Å²) in [5.41, 5.74) is 0.739. The van der Waals surface area contributed by atoms with E-state index in [0.717, 1.165) is 5.56 Å². The number of ether oxygens (including phenoxy) is 1. The number of carbonyl (C=O) groups excluding carboxylic acids is 1. The van der Waals surface area contributed by atoms with Crippen molar-refractivity contribution < 1.29 is 19.7 Å². The van der Waals surface area contributed by atoms with Gasteiger partial charge in [0.1, 0.15) is 17.6 Å². The SMILES string of the molecule is CC(C)(O)/C=C\c1c(O)ccc2c1O[C@H](c1ccccc1)CC2=O. The van der Waals surface area contributed by atoms with Crippen LogP contribution in [0.25, 0.3) is 6.08 Å². The van der Waals surface area contributed by atoms with Crippen LogP contribution in [-0.4, -0.2) is 21.6 Å². The zero-order valence-electron chi connectivity index (χ0n) is 13.7. The van der Waals surface area contributed by atoms with E-state index in [1.165, 1.54) is 6.07 Å². The summed E-state index contributed by atoms with van der Waals surface area (Å²) in [7, 11) is 0. The van der Waals surface area contributed by atoms with Gasteiger partial charge < -0.3 is 14.9 Å². The number of aliphatic hydroxyl groups is 1. The van der Waals surface area contributed by atoms with Crippen LogP contribution in [0.15, 0.2) is 48.5 Å². The van der Waals surface area contributed by atoms with Crippen molar-refractivity contribution in [3.63, 3.8) is 0 Å². The quantitative estimate of drug-likeness (QED) is 0.899. The van der Waals surface area contributed by atoms with Crippen LogP contribution in [0.2, 0.25) is 0 Å². The Morgan fingerprint density at radius 1 is 1.17 bits per heavy atom. The maximum absolute atomic E-state index is 12.5. The molecule has 4 nitrogen and oxygen atoms in total. The lowest BCUT2D eigenvalue weighted by Crippen LogP contribution is -2.21. The molecule has 2 aromatic carbocycles. The van der Waals surface area contributed by atoms with Crippen molar-refractivity contribution in [3.8, 4) is 11.5 Å². The zero-order chi connectivity index (χ0) is 17.3. The van der Waals surface area contributed by atoms with Crippen molar-refractivity contribution in [1.82, 2.24) is 0 Å². The molecule has 0 unspecified atom stereocenters. The number of carbonyl (C=O) groups is 1. The molecule has 124 valence electrons. The van der Waals surface area contributed by atoms with Gasteiger partial charge in [-0.3, -0.25) is 4.79 Å². The van der Waals surface area contributed by atoms with Crippen LogP contribution in [0.4, 0.5) is 0 Å². The number of benzene rings is 2. The van der Waals surface area contributed by atoms with Crippen molar-refractivity contribution in [3.05, 3.63) is 65.2 Å². The molecule has 24 heavy (non-hydrogen) atoms. The molecule has 2 N–H and O–H groups in total. The van der Waals surface area contributed by atoms with Gasteiger partial charge in [0.2, 0.25) is 0 Å². The smallest absolute Gasteiger partial charge is 0.170 e. The van der Waals surface area contributed by atoms with E-state index in [2.05, 4.69) is 0 Å². The number of ketones is 1. The molecule has 0 radical (unpaired) electrons. The monoisotopic (exact) mass is 324 g/mol. The van der Waals surface area contributed by atoms with E-state index in [9.17, 15) is 15.0 Å². The van der Waals surface area contributed by atoms with Gasteiger partial charge in [-0.05, 0) is 37.6 Å². The summed E-state index contributed by atoms with van der Waals surface area (Å²) in [6, 6.07) is 12.6. The van der Waals surface area contributed by atoms with Crippen LogP contribution in [0.1, 0.15) is 47.9 Å². The molecule has 2 aromatic rings. The number of fused-ring (bicyclic) bond motifs is 1. The maximum Gasteiger partial charge on any atom is 0.170 e. The molecule has 1 aliphatic rings. The van der Waals surface area contributed by atoms with Crippen molar-refractivity contribution in [1.29, 1.82) is 0 Å². The summed E-state index contributed by atoms with van der Waals surface area (Å²) in [5, 5.41) is 20.1. The third-order valence-electron chi connectivity index (χ3n) is 3.93. The normalized spacial score (nSPS) is 17.6. The highest BCUT2D eigenvalue weighted by molar-refractivity contribution is 6.01. The maximum atomic E-state index is 12.5. The van der Waals surface area contributed by atoms with Gasteiger partial charge in [-0.2, -0.15) is 0 Å². The summed E-state index contributed by atoms with van der Waals surface area (Å²) in [6.45, 7) is 3.27. The third-order valence-corrected chi connectivity index (χ3v) is 3.93. The predicted molar refractivity (Wildman–Crippen MR) is 92.2 cm³/mol. The summed E-state index contributed by atoms with van der Waals surface area (Å²) in [5.74, 6) is 0.347. The lowest BCUT2D eigenvalue weighted by molar-refractivity contribution is 0.0849. The first-order valence-electron chi connectivity index (χ1n) is 7.87. The number of phenolic OH excluding ortho intramolecular Hbond substituents is 1. The highest BCUT2D eigenvalue weighted by Crippen LogP contribution is 2.41. The van der Waals surface area contributed by atoms with Gasteiger partial charge in [0, 0.05) is 0 Å². The Morgan fingerprint density at radius 2 is 1.88 bits per heavy atom. The van der Waals surface area contributed by atoms with Crippen LogP contribution in [-0.2, 0) is 0 Å². The number of aromatic hydroxyl groups is 1. The van der Waals surface area contributed by atoms with Gasteiger partial charge in [0.25, 0.3) is 0 Å².